The van der Waals surface area contributed by atoms with E-state index in [0.29, 0.717) is 80.9 Å². The molecule has 0 spiro atoms. The fourth-order valence-corrected chi connectivity index (χ4v) is 15.0. The molecule has 0 bridgehead atoms. The lowest BCUT2D eigenvalue weighted by molar-refractivity contribution is 0.0816. The van der Waals surface area contributed by atoms with E-state index >= 15 is 0 Å². The monoisotopic (exact) mass is 1710 g/mol. The van der Waals surface area contributed by atoms with Crippen molar-refractivity contribution in [3.63, 3.8) is 0 Å². The number of halogens is 1. The fourth-order valence-electron chi connectivity index (χ4n) is 13.7. The van der Waals surface area contributed by atoms with Gasteiger partial charge in [-0.05, 0) is 167 Å². The Hall–Kier alpha value is -14.8. The molecular weight excluding hydrogens is 1620 g/mol. The van der Waals surface area contributed by atoms with Crippen LogP contribution in [0.5, 0.6) is 0 Å². The number of aryl methyl sites for hydroxylation is 3. The number of imidazole rings is 4. The fraction of sp³-hybridized carbons (Fsp3) is 0.244. The number of carbonyl (C=O) groups is 4. The summed E-state index contributed by atoms with van der Waals surface area (Å²) in [5, 5.41) is 17.2. The van der Waals surface area contributed by atoms with Crippen LogP contribution in [0.15, 0.2) is 200 Å². The molecule has 1 saturated carbocycles. The number of anilines is 8. The van der Waals surface area contributed by atoms with E-state index in [1.807, 2.05) is 171 Å². The van der Waals surface area contributed by atoms with Gasteiger partial charge in [-0.3, -0.25) is 19.2 Å². The number of benzene rings is 4. The third kappa shape index (κ3) is 20.4. The zero-order valence-corrected chi connectivity index (χ0v) is 73.3. The summed E-state index contributed by atoms with van der Waals surface area (Å²) in [4.78, 5) is 123. The first-order valence-electron chi connectivity index (χ1n) is 40.3. The highest BCUT2D eigenvalue weighted by Crippen LogP contribution is 2.38. The minimum absolute atomic E-state index is 0.0539. The van der Waals surface area contributed by atoms with Crippen molar-refractivity contribution < 1.29 is 23.6 Å². The number of aromatic amines is 4. The molecule has 4 aromatic carbocycles. The SMILES string of the molecule is CC(C)Cn1cnc(-c2ccnc(Nc3cc(Cl)c4[nH]c(C(=O)N(C)C)cc4c3)n2)c1.CN(C)C(=O)c1cc2cc(Nc3nccc(-c4cn(C)cn4)n3)cc(SCc3ccco3)c2[nH]1.Cc1cc(Nc2nccc(-c3cn(C(C)C)cn3)n2)cc2cc(C(=O)N(C)C)[nH]c12.Cc1cc(Nc2nccc(-c3cn(C4CC4)cn3)n2)cc2cc(C(=O)N(C)C)[nH]c12. The summed E-state index contributed by atoms with van der Waals surface area (Å²) in [5.74, 6) is 3.65. The van der Waals surface area contributed by atoms with Crippen LogP contribution < -0.4 is 21.3 Å². The van der Waals surface area contributed by atoms with Crippen LogP contribution in [0.1, 0.15) is 111 Å². The number of fused-ring (bicyclic) bond motifs is 4. The quantitative estimate of drug-likeness (QED) is 0.0276. The Kier molecular flexibility index (Phi) is 25.1. The second kappa shape index (κ2) is 36.9. The lowest BCUT2D eigenvalue weighted by Crippen LogP contribution is -2.21. The minimum atomic E-state index is -0.116. The van der Waals surface area contributed by atoms with Gasteiger partial charge in [0, 0.05) is 192 Å². The zero-order chi connectivity index (χ0) is 88.0. The molecule has 35 heteroatoms. The van der Waals surface area contributed by atoms with Crippen LogP contribution >= 0.6 is 23.4 Å². The van der Waals surface area contributed by atoms with Crippen LogP contribution in [0.4, 0.5) is 46.5 Å². The van der Waals surface area contributed by atoms with Gasteiger partial charge in [0.15, 0.2) is 0 Å². The number of carbonyl (C=O) groups excluding carboxylic acids is 4. The summed E-state index contributed by atoms with van der Waals surface area (Å²) in [5.41, 5.74) is 17.2. The van der Waals surface area contributed by atoms with Gasteiger partial charge in [-0.25, -0.2) is 59.8 Å². The van der Waals surface area contributed by atoms with E-state index < -0.39 is 0 Å². The Bertz CT molecular complexity index is 6590. The molecule has 4 amide bonds. The summed E-state index contributed by atoms with van der Waals surface area (Å²) >= 11 is 8.07. The van der Waals surface area contributed by atoms with Gasteiger partial charge >= 0.3 is 0 Å². The number of nitrogens with one attached hydrogen (secondary N) is 8. The van der Waals surface area contributed by atoms with Crippen LogP contribution in [-0.2, 0) is 19.3 Å². The molecule has 0 unspecified atom stereocenters. The largest absolute Gasteiger partial charge is 0.468 e. The average molecular weight is 1720 g/mol. The molecule has 1 fully saturated rings. The Morgan fingerprint density at radius 2 is 0.864 bits per heavy atom. The number of furan rings is 1. The van der Waals surface area contributed by atoms with E-state index in [-0.39, 0.29) is 23.6 Å². The highest BCUT2D eigenvalue weighted by molar-refractivity contribution is 7.98. The molecule has 1 aliphatic carbocycles. The van der Waals surface area contributed by atoms with Crippen LogP contribution in [0.2, 0.25) is 5.02 Å². The van der Waals surface area contributed by atoms with Crippen molar-refractivity contribution in [2.75, 3.05) is 77.6 Å². The third-order valence-electron chi connectivity index (χ3n) is 20.1. The van der Waals surface area contributed by atoms with E-state index in [2.05, 4.69) is 138 Å². The van der Waals surface area contributed by atoms with E-state index in [0.717, 1.165) is 135 Å². The van der Waals surface area contributed by atoms with Crippen LogP contribution in [0, 0.1) is 19.8 Å². The number of amides is 4. The van der Waals surface area contributed by atoms with Gasteiger partial charge in [-0.2, -0.15) is 0 Å². The van der Waals surface area contributed by atoms with E-state index in [9.17, 15) is 19.2 Å². The first kappa shape index (κ1) is 85.2. The number of hydrogen-bond donors (Lipinski definition) is 8. The van der Waals surface area contributed by atoms with Gasteiger partial charge < -0.3 is 83.5 Å². The summed E-state index contributed by atoms with van der Waals surface area (Å²) in [7, 11) is 15.8. The number of hydrogen-bond acceptors (Lipinski definition) is 22. The molecule has 33 nitrogen and oxygen atoms in total. The van der Waals surface area contributed by atoms with E-state index in [1.165, 1.54) is 17.7 Å². The van der Waals surface area contributed by atoms with Gasteiger partial charge in [0.2, 0.25) is 23.8 Å². The van der Waals surface area contributed by atoms with Gasteiger partial charge in [0.25, 0.3) is 23.6 Å². The third-order valence-corrected chi connectivity index (χ3v) is 21.5. The van der Waals surface area contributed by atoms with Crippen molar-refractivity contribution >= 4 is 137 Å². The normalized spacial score (nSPS) is 11.8. The highest BCUT2D eigenvalue weighted by Gasteiger charge is 2.25. The standard InChI is InChI=1S/C24H23N7O2S.C22H24ClN7O.C22H23N7O.C22H25N7O/c1-30(2)23(32)19-10-15-9-16(11-21(22(15)28-19)34-13-17-5-4-8-33-17)27-24-25-7-6-18(29-24)20-12-31(3)14-26-20;1-13(2)10-30-11-19(25-12-30)17-5-6-24-22(28-17)26-15-7-14-8-18(21(31)29(3)4)27-20(14)16(23)9-15;1-13-8-15(9-14-10-18(26-20(13)14)21(30)28(2)3)25-22-23-7-6-17(27-22)19-11-29(12-24-19)16-4-5-16;1-13(2)29-11-19(24-12-29)17-6-7-23-22(27-17)25-16-8-14(3)20-15(9-16)10-18(26-20)21(30)28(4)5/h4-12,14,28H,13H2,1-3H3,(H,25,27,29);5-9,11-13,27H,10H2,1-4H3,(H,24,26,28);6-12,16,26H,4-5H2,1-3H3,(H,23,25,27);6-13,26H,1-5H3,(H,23,25,27). The van der Waals surface area contributed by atoms with Crippen molar-refractivity contribution in [1.82, 2.24) is 118 Å². The van der Waals surface area contributed by atoms with Crippen LogP contribution in [-0.4, -0.2) is 198 Å². The number of aromatic nitrogens is 20. The molecule has 8 N–H and O–H groups in total. The maximum atomic E-state index is 12.5. The van der Waals surface area contributed by atoms with Crippen LogP contribution in [0.25, 0.3) is 89.2 Å². The van der Waals surface area contributed by atoms with Gasteiger partial charge in [-0.15, -0.1) is 11.8 Å². The van der Waals surface area contributed by atoms with Gasteiger partial charge in [-0.1, -0.05) is 25.4 Å². The second-order valence-corrected chi connectivity index (χ2v) is 33.3. The molecular formula is C90H95ClN28O5S. The molecule has 638 valence electrons. The van der Waals surface area contributed by atoms with E-state index in [1.54, 1.807) is 132 Å². The topological polar surface area (TPSA) is 380 Å². The number of thioether (sulfide) groups is 1. The molecule has 0 saturated heterocycles. The number of rotatable bonds is 23. The average Bonchev–Trinajstić information content (AvgIpc) is 1.67. The van der Waals surface area contributed by atoms with Crippen LogP contribution in [0.3, 0.4) is 0 Å². The lowest BCUT2D eigenvalue weighted by Gasteiger charge is -2.09. The first-order chi connectivity index (χ1) is 60.0. The molecule has 0 radical (unpaired) electrons. The summed E-state index contributed by atoms with van der Waals surface area (Å²) in [6.07, 6.45) is 26.1. The predicted molar refractivity (Wildman–Crippen MR) is 489 cm³/mol. The minimum Gasteiger partial charge on any atom is -0.468 e. The highest BCUT2D eigenvalue weighted by atomic mass is 35.5. The predicted octanol–water partition coefficient (Wildman–Crippen LogP) is 17.3. The van der Waals surface area contributed by atoms with Crippen molar-refractivity contribution in [1.29, 1.82) is 0 Å². The van der Waals surface area contributed by atoms with E-state index in [4.69, 9.17) is 16.0 Å². The maximum Gasteiger partial charge on any atom is 0.269 e. The molecule has 125 heavy (non-hydrogen) atoms. The Morgan fingerprint density at radius 1 is 0.464 bits per heavy atom. The zero-order valence-electron chi connectivity index (χ0n) is 71.7. The molecule has 17 aromatic rings. The Labute approximate surface area is 729 Å². The summed E-state index contributed by atoms with van der Waals surface area (Å²) in [6, 6.07) is 35.2. The molecule has 1 aliphatic rings. The smallest absolute Gasteiger partial charge is 0.269 e. The molecule has 13 aromatic heterocycles. The van der Waals surface area contributed by atoms with Gasteiger partial charge in [0.1, 0.15) is 51.3 Å². The Balaban J connectivity index is 0.000000129. The first-order valence-corrected chi connectivity index (χ1v) is 41.7. The second-order valence-electron chi connectivity index (χ2n) is 31.8. The number of H-pyrrole nitrogens is 4. The molecule has 0 aliphatic heterocycles. The molecule has 18 rings (SSSR count). The molecule has 0 atom stereocenters. The van der Waals surface area contributed by atoms with Crippen molar-refractivity contribution in [2.45, 2.75) is 83.7 Å². The van der Waals surface area contributed by atoms with Crippen molar-refractivity contribution in [2.24, 2.45) is 13.0 Å². The molecule has 13 heterocycles. The summed E-state index contributed by atoms with van der Waals surface area (Å²) < 4.78 is 13.6. The number of nitrogens with zero attached hydrogens (tertiary/aromatic N) is 20. The van der Waals surface area contributed by atoms with Gasteiger partial charge in [0.05, 0.1) is 76.2 Å². The summed E-state index contributed by atoms with van der Waals surface area (Å²) in [6.45, 7) is 13.5. The Morgan fingerprint density at radius 3 is 1.29 bits per heavy atom. The maximum absolute atomic E-state index is 12.5. The van der Waals surface area contributed by atoms with Crippen molar-refractivity contribution in [3.05, 3.63) is 235 Å². The lowest BCUT2D eigenvalue weighted by atomic mass is 10.1. The van der Waals surface area contributed by atoms with Crippen molar-refractivity contribution in [3.8, 4) is 45.6 Å².